The largest absolute Gasteiger partial charge is 0.459 e. The highest BCUT2D eigenvalue weighted by Gasteiger charge is 2.32. The summed E-state index contributed by atoms with van der Waals surface area (Å²) in [5.74, 6) is 0.359. The Balaban J connectivity index is 1.58. The number of benzene rings is 2. The van der Waals surface area contributed by atoms with E-state index in [0.29, 0.717) is 5.76 Å². The van der Waals surface area contributed by atoms with Gasteiger partial charge in [-0.05, 0) is 62.4 Å². The van der Waals surface area contributed by atoms with Crippen LogP contribution in [0.4, 0.5) is 5.69 Å². The van der Waals surface area contributed by atoms with Crippen molar-refractivity contribution in [2.45, 2.75) is 46.2 Å². The summed E-state index contributed by atoms with van der Waals surface area (Å²) in [4.78, 5) is 18.0. The van der Waals surface area contributed by atoms with E-state index in [4.69, 9.17) is 4.42 Å². The van der Waals surface area contributed by atoms with Gasteiger partial charge in [0.05, 0.1) is 12.0 Å². The molecule has 156 valence electrons. The van der Waals surface area contributed by atoms with E-state index in [0.717, 1.165) is 49.3 Å². The van der Waals surface area contributed by atoms with Gasteiger partial charge in [0.15, 0.2) is 5.76 Å². The maximum Gasteiger partial charge on any atom is 0.294 e. The van der Waals surface area contributed by atoms with Gasteiger partial charge in [0.2, 0.25) is 0 Å². The predicted molar refractivity (Wildman–Crippen MR) is 121 cm³/mol. The molecule has 0 radical (unpaired) electrons. The first-order chi connectivity index (χ1) is 14.5. The number of hydrogen-bond acceptors (Lipinski definition) is 3. The molecule has 0 spiro atoms. The van der Waals surface area contributed by atoms with Crippen LogP contribution >= 0.6 is 0 Å². The fourth-order valence-electron chi connectivity index (χ4n) is 4.70. The number of furan rings is 1. The summed E-state index contributed by atoms with van der Waals surface area (Å²) in [5, 5.41) is 0. The topological polar surface area (TPSA) is 36.7 Å². The van der Waals surface area contributed by atoms with Crippen LogP contribution in [0.15, 0.2) is 65.3 Å². The van der Waals surface area contributed by atoms with Crippen molar-refractivity contribution < 1.29 is 9.21 Å². The molecule has 2 heterocycles. The van der Waals surface area contributed by atoms with Crippen LogP contribution < -0.4 is 4.90 Å². The maximum atomic E-state index is 13.5. The van der Waals surface area contributed by atoms with E-state index in [2.05, 4.69) is 68.1 Å². The monoisotopic (exact) mass is 402 g/mol. The number of carbonyl (C=O) groups is 1. The molecule has 30 heavy (non-hydrogen) atoms. The van der Waals surface area contributed by atoms with Gasteiger partial charge in [-0.3, -0.25) is 9.69 Å². The highest BCUT2D eigenvalue weighted by molar-refractivity contribution is 6.05. The minimum Gasteiger partial charge on any atom is -0.459 e. The number of piperidine rings is 1. The average Bonchev–Trinajstić information content (AvgIpc) is 3.27. The van der Waals surface area contributed by atoms with Crippen LogP contribution in [0.5, 0.6) is 0 Å². The Hall–Kier alpha value is -2.85. The van der Waals surface area contributed by atoms with Gasteiger partial charge >= 0.3 is 0 Å². The van der Waals surface area contributed by atoms with Crippen molar-refractivity contribution >= 4 is 11.6 Å². The van der Waals surface area contributed by atoms with Gasteiger partial charge in [-0.2, -0.15) is 0 Å². The lowest BCUT2D eigenvalue weighted by molar-refractivity contribution is 0.0931. The van der Waals surface area contributed by atoms with E-state index in [1.807, 2.05) is 4.90 Å². The first-order valence-electron chi connectivity index (χ1n) is 10.7. The summed E-state index contributed by atoms with van der Waals surface area (Å²) >= 11 is 0. The van der Waals surface area contributed by atoms with E-state index in [9.17, 15) is 4.79 Å². The zero-order valence-electron chi connectivity index (χ0n) is 18.1. The quantitative estimate of drug-likeness (QED) is 0.564. The molecule has 1 fully saturated rings. The molecule has 1 aliphatic heterocycles. The Bertz CT molecular complexity index is 964. The van der Waals surface area contributed by atoms with E-state index >= 15 is 0 Å². The molecule has 0 bridgehead atoms. The number of carbonyl (C=O) groups excluding carboxylic acids is 1. The average molecular weight is 403 g/mol. The zero-order valence-corrected chi connectivity index (χ0v) is 18.1. The minimum absolute atomic E-state index is 0.0448. The first kappa shape index (κ1) is 20.4. The maximum absolute atomic E-state index is 13.5. The van der Waals surface area contributed by atoms with Gasteiger partial charge in [-0.1, -0.05) is 48.0 Å². The Kier molecular flexibility index (Phi) is 6.05. The van der Waals surface area contributed by atoms with Crippen molar-refractivity contribution in [1.82, 2.24) is 4.90 Å². The predicted octanol–water partition coefficient (Wildman–Crippen LogP) is 5.52. The van der Waals surface area contributed by atoms with Crippen molar-refractivity contribution in [3.63, 3.8) is 0 Å². The molecular weight excluding hydrogens is 372 g/mol. The Morgan fingerprint density at radius 3 is 2.27 bits per heavy atom. The normalized spacial score (nSPS) is 15.3. The Morgan fingerprint density at radius 1 is 1.00 bits per heavy atom. The van der Waals surface area contributed by atoms with Crippen molar-refractivity contribution in [2.75, 3.05) is 18.0 Å². The molecule has 0 saturated carbocycles. The molecule has 3 aromatic rings. The Labute approximate surface area is 179 Å². The number of likely N-dealkylation sites (tertiary alicyclic amines) is 1. The lowest BCUT2D eigenvalue weighted by Crippen LogP contribution is -2.48. The number of amides is 1. The third-order valence-electron chi connectivity index (χ3n) is 6.00. The van der Waals surface area contributed by atoms with Gasteiger partial charge in [0.1, 0.15) is 0 Å². The molecule has 4 heteroatoms. The standard InChI is InChI=1S/C26H30N2O2/c1-19-16-20(2)25(21(3)17-19)28(26(29)24-10-7-15-30-24)23-11-13-27(14-12-23)18-22-8-5-4-6-9-22/h4-10,15-17,23H,11-14,18H2,1-3H3. The number of nitrogens with zero attached hydrogens (tertiary/aromatic N) is 2. The van der Waals surface area contributed by atoms with Crippen LogP contribution in [0.3, 0.4) is 0 Å². The summed E-state index contributed by atoms with van der Waals surface area (Å²) in [5.41, 5.74) is 5.86. The van der Waals surface area contributed by atoms with Gasteiger partial charge < -0.3 is 9.32 Å². The van der Waals surface area contributed by atoms with Crippen LogP contribution in [-0.2, 0) is 6.54 Å². The molecule has 2 aromatic carbocycles. The minimum atomic E-state index is -0.0448. The molecule has 4 nitrogen and oxygen atoms in total. The fourth-order valence-corrected chi connectivity index (χ4v) is 4.70. The molecule has 4 rings (SSSR count). The number of hydrogen-bond donors (Lipinski definition) is 0. The highest BCUT2D eigenvalue weighted by Crippen LogP contribution is 2.32. The van der Waals surface area contributed by atoms with Gasteiger partial charge in [0.25, 0.3) is 5.91 Å². The van der Waals surface area contributed by atoms with Crippen LogP contribution in [0.2, 0.25) is 0 Å². The summed E-state index contributed by atoms with van der Waals surface area (Å²) < 4.78 is 5.49. The SMILES string of the molecule is Cc1cc(C)c(N(C(=O)c2ccco2)C2CCN(Cc3ccccc3)CC2)c(C)c1. The van der Waals surface area contributed by atoms with Crippen molar-refractivity contribution in [2.24, 2.45) is 0 Å². The number of anilines is 1. The second-order valence-corrected chi connectivity index (χ2v) is 8.39. The van der Waals surface area contributed by atoms with Crippen LogP contribution in [-0.4, -0.2) is 29.9 Å². The summed E-state index contributed by atoms with van der Waals surface area (Å²) in [6.07, 6.45) is 3.47. The van der Waals surface area contributed by atoms with Crippen LogP contribution in [0.1, 0.15) is 45.7 Å². The molecule has 0 aliphatic carbocycles. The van der Waals surface area contributed by atoms with E-state index in [-0.39, 0.29) is 11.9 Å². The molecule has 0 unspecified atom stereocenters. The molecule has 0 N–H and O–H groups in total. The first-order valence-corrected chi connectivity index (χ1v) is 10.7. The Morgan fingerprint density at radius 2 is 1.67 bits per heavy atom. The van der Waals surface area contributed by atoms with Crippen molar-refractivity contribution in [1.29, 1.82) is 0 Å². The van der Waals surface area contributed by atoms with E-state index < -0.39 is 0 Å². The molecular formula is C26H30N2O2. The zero-order chi connectivity index (χ0) is 21.1. The van der Waals surface area contributed by atoms with Gasteiger partial charge in [-0.15, -0.1) is 0 Å². The summed E-state index contributed by atoms with van der Waals surface area (Å²) in [7, 11) is 0. The van der Waals surface area contributed by atoms with Crippen molar-refractivity contribution in [3.05, 3.63) is 88.9 Å². The highest BCUT2D eigenvalue weighted by atomic mass is 16.3. The lowest BCUT2D eigenvalue weighted by Gasteiger charge is -2.39. The van der Waals surface area contributed by atoms with Crippen LogP contribution in [0, 0.1) is 20.8 Å². The fraction of sp³-hybridized carbons (Fsp3) is 0.346. The molecule has 0 atom stereocenters. The summed E-state index contributed by atoms with van der Waals surface area (Å²) in [6.45, 7) is 9.22. The molecule has 1 saturated heterocycles. The van der Waals surface area contributed by atoms with E-state index in [1.165, 1.54) is 11.1 Å². The molecule has 1 amide bonds. The van der Waals surface area contributed by atoms with Crippen molar-refractivity contribution in [3.8, 4) is 0 Å². The third-order valence-corrected chi connectivity index (χ3v) is 6.00. The van der Waals surface area contributed by atoms with Gasteiger partial charge in [0, 0.05) is 25.7 Å². The second kappa shape index (κ2) is 8.88. The lowest BCUT2D eigenvalue weighted by atomic mass is 9.97. The molecule has 1 aliphatic rings. The van der Waals surface area contributed by atoms with Gasteiger partial charge in [-0.25, -0.2) is 0 Å². The van der Waals surface area contributed by atoms with E-state index in [1.54, 1.807) is 18.4 Å². The molecule has 1 aromatic heterocycles. The smallest absolute Gasteiger partial charge is 0.294 e. The number of rotatable bonds is 5. The number of aryl methyl sites for hydroxylation is 3. The third kappa shape index (κ3) is 4.34. The second-order valence-electron chi connectivity index (χ2n) is 8.39. The summed E-state index contributed by atoms with van der Waals surface area (Å²) in [6, 6.07) is 18.6. The van der Waals surface area contributed by atoms with Crippen LogP contribution in [0.25, 0.3) is 0 Å².